The van der Waals surface area contributed by atoms with Gasteiger partial charge in [-0.25, -0.2) is 0 Å². The molecule has 8 rings (SSSR count). The average molecular weight is 1170 g/mol. The Morgan fingerprint density at radius 1 is 0.821 bits per heavy atom. The predicted octanol–water partition coefficient (Wildman–Crippen LogP) is 6.76. The number of halogens is 2. The fourth-order valence-corrected chi connectivity index (χ4v) is 11.2. The summed E-state index contributed by atoms with van der Waals surface area (Å²) < 4.78 is 47.6. The van der Waals surface area contributed by atoms with E-state index in [0.717, 1.165) is 48.1 Å². The minimum atomic E-state index is -5.91. The van der Waals surface area contributed by atoms with Gasteiger partial charge in [-0.15, -0.1) is 0 Å². The zero-order valence-electron chi connectivity index (χ0n) is 46.4. The number of nitrogens with one attached hydrogen (secondary N) is 4. The van der Waals surface area contributed by atoms with E-state index in [2.05, 4.69) is 33.1 Å². The molecule has 84 heavy (non-hydrogen) atoms. The molecule has 8 N–H and O–H groups in total. The number of ether oxygens (including phenoxy) is 1. The zero-order chi connectivity index (χ0) is 60.1. The van der Waals surface area contributed by atoms with Crippen molar-refractivity contribution in [1.82, 2.24) is 31.1 Å². The number of imide groups is 1. The summed E-state index contributed by atoms with van der Waals surface area (Å²) in [4.78, 5) is 129. The number of piperidine rings is 1. The van der Waals surface area contributed by atoms with Crippen molar-refractivity contribution >= 4 is 65.6 Å². The fourth-order valence-electron chi connectivity index (χ4n) is 10.8. The van der Waals surface area contributed by atoms with Crippen LogP contribution >= 0.6 is 7.60 Å². The first-order chi connectivity index (χ1) is 40.2. The van der Waals surface area contributed by atoms with Crippen LogP contribution in [0.4, 0.5) is 8.78 Å². The molecule has 3 aliphatic rings. The Labute approximate surface area is 485 Å². The van der Waals surface area contributed by atoms with Crippen molar-refractivity contribution in [2.75, 3.05) is 13.2 Å². The number of carbonyl (C=O) groups is 8. The van der Waals surface area contributed by atoms with E-state index < -0.39 is 90.6 Å². The second-order valence-corrected chi connectivity index (χ2v) is 22.9. The normalized spacial score (nSPS) is 17.7. The van der Waals surface area contributed by atoms with Crippen LogP contribution in [0, 0.1) is 11.8 Å². The van der Waals surface area contributed by atoms with Crippen LogP contribution in [0.3, 0.4) is 0 Å². The molecule has 0 aromatic heterocycles. The Morgan fingerprint density at radius 3 is 2.20 bits per heavy atom. The molecule has 0 spiro atoms. The van der Waals surface area contributed by atoms with E-state index in [-0.39, 0.29) is 81.0 Å². The molecular weight excluding hydrogens is 1100 g/mol. The summed E-state index contributed by atoms with van der Waals surface area (Å²) in [6.45, 7) is 2.30. The first-order valence-electron chi connectivity index (χ1n) is 28.2. The summed E-state index contributed by atoms with van der Waals surface area (Å²) in [5.41, 5.74) is 3.50. The van der Waals surface area contributed by atoms with E-state index in [1.807, 2.05) is 73.7 Å². The lowest BCUT2D eigenvalue weighted by atomic mass is 9.98. The number of amides is 8. The molecule has 1 unspecified atom stereocenters. The molecule has 2 fully saturated rings. The van der Waals surface area contributed by atoms with Gasteiger partial charge in [0.05, 0.1) is 12.1 Å². The number of likely N-dealkylation sites (tertiary alicyclic amines) is 1. The fraction of sp³-hybridized carbons (Fsp3) is 0.387. The van der Waals surface area contributed by atoms with Crippen LogP contribution in [-0.2, 0) is 50.3 Å². The SMILES string of the molecule is CCCC[C@H](NC(=O)c1ccc2ccc(C(F)(F)P(=O)(O)O)cc2c1)C(=O)N1C[C@H](OCCCCCCC#Cc2cccc3c2CN(C2CCC(=O)NC2=O)C3=O)C[C@H]1C(=O)N[C@@H](CCC(N)=O)C(=O)NC(c1ccccc1)c1ccccc1. The van der Waals surface area contributed by atoms with Gasteiger partial charge in [0, 0.05) is 67.6 Å². The number of nitrogens with zero attached hydrogens (tertiary/aromatic N) is 2. The van der Waals surface area contributed by atoms with Crippen molar-refractivity contribution in [2.45, 2.75) is 139 Å². The van der Waals surface area contributed by atoms with Crippen LogP contribution < -0.4 is 27.0 Å². The maximum absolute atomic E-state index is 14.9. The molecule has 19 nitrogen and oxygen atoms in total. The highest BCUT2D eigenvalue weighted by Gasteiger charge is 2.50. The number of unbranched alkanes of at least 4 members (excludes halogenated alkanes) is 5. The third kappa shape index (κ3) is 15.1. The first-order valence-corrected chi connectivity index (χ1v) is 29.8. The van der Waals surface area contributed by atoms with Crippen LogP contribution in [0.15, 0.2) is 115 Å². The van der Waals surface area contributed by atoms with Crippen LogP contribution in [0.1, 0.15) is 145 Å². The minimum Gasteiger partial charge on any atom is -0.376 e. The van der Waals surface area contributed by atoms with Gasteiger partial charge in [0.1, 0.15) is 24.2 Å². The maximum Gasteiger partial charge on any atom is 0.399 e. The summed E-state index contributed by atoms with van der Waals surface area (Å²) in [5.74, 6) is 1.86. The van der Waals surface area contributed by atoms with Crippen LogP contribution in [-0.4, -0.2) is 110 Å². The molecule has 442 valence electrons. The lowest BCUT2D eigenvalue weighted by Crippen LogP contribution is -2.56. The number of primary amides is 1. The van der Waals surface area contributed by atoms with E-state index in [1.165, 1.54) is 34.1 Å². The van der Waals surface area contributed by atoms with Crippen molar-refractivity contribution in [3.63, 3.8) is 0 Å². The van der Waals surface area contributed by atoms with Gasteiger partial charge in [-0.05, 0) is 89.9 Å². The van der Waals surface area contributed by atoms with E-state index in [1.54, 1.807) is 12.1 Å². The van der Waals surface area contributed by atoms with Gasteiger partial charge in [0.25, 0.3) is 11.8 Å². The Bertz CT molecular complexity index is 3350. The lowest BCUT2D eigenvalue weighted by Gasteiger charge is -2.30. The second kappa shape index (κ2) is 28.0. The highest BCUT2D eigenvalue weighted by atomic mass is 31.2. The van der Waals surface area contributed by atoms with E-state index in [9.17, 15) is 61.5 Å². The van der Waals surface area contributed by atoms with Crippen molar-refractivity contribution in [1.29, 1.82) is 0 Å². The Balaban J connectivity index is 0.948. The van der Waals surface area contributed by atoms with E-state index in [0.29, 0.717) is 42.2 Å². The highest BCUT2D eigenvalue weighted by Crippen LogP contribution is 2.59. The smallest absolute Gasteiger partial charge is 0.376 e. The summed E-state index contributed by atoms with van der Waals surface area (Å²) in [7, 11) is -5.91. The highest BCUT2D eigenvalue weighted by molar-refractivity contribution is 7.52. The van der Waals surface area contributed by atoms with Gasteiger partial charge in [-0.1, -0.05) is 129 Å². The van der Waals surface area contributed by atoms with E-state index >= 15 is 0 Å². The van der Waals surface area contributed by atoms with Crippen LogP contribution in [0.25, 0.3) is 10.8 Å². The monoisotopic (exact) mass is 1170 g/mol. The van der Waals surface area contributed by atoms with E-state index in [4.69, 9.17) is 10.5 Å². The number of fused-ring (bicyclic) bond motifs is 2. The van der Waals surface area contributed by atoms with Crippen molar-refractivity contribution in [3.8, 4) is 11.8 Å². The Hall–Kier alpha value is -8.15. The van der Waals surface area contributed by atoms with Crippen molar-refractivity contribution < 1.29 is 66.2 Å². The number of rotatable bonds is 25. The molecule has 0 saturated carbocycles. The molecular formula is C62H68F2N7O12P. The first kappa shape index (κ1) is 61.9. The van der Waals surface area contributed by atoms with Crippen molar-refractivity contribution in [2.24, 2.45) is 5.73 Å². The third-order valence-electron chi connectivity index (χ3n) is 15.3. The molecule has 5 aromatic carbocycles. The van der Waals surface area contributed by atoms with Gasteiger partial charge in [0.2, 0.25) is 35.4 Å². The molecule has 3 aliphatic heterocycles. The molecule has 5 atom stereocenters. The standard InChI is InChI=1S/C62H68F2N7O12P/c1-2-3-24-50(67-56(74)43-26-25-39-27-28-45(35-44(39)34-43)62(63,64)84(80,81)82)61(79)70-37-46(36-52(70)59(77)66-49(29-31-53(65)72)57(75)69-55(41-18-11-8-12-19-41)42-20-13-9-14-21-42)83-33-15-7-5-4-6-10-17-40-22-16-23-47-48(40)38-71(60(47)78)51-30-32-54(73)68-58(51)76/h8-9,11-14,16,18-23,25-28,34-35,46,49-52,55H,2-7,15,24,29-33,36-38H2,1H3,(H2,65,72)(H,66,77)(H,67,74)(H,69,75)(H,68,73,76)(H2,80,81,82)/t46-,49+,50+,51?,52+/m1/s1. The summed E-state index contributed by atoms with van der Waals surface area (Å²) in [5, 5.41) is 11.4. The molecule has 0 aliphatic carbocycles. The van der Waals surface area contributed by atoms with Crippen LogP contribution in [0.2, 0.25) is 0 Å². The molecule has 0 bridgehead atoms. The predicted molar refractivity (Wildman–Crippen MR) is 306 cm³/mol. The van der Waals surface area contributed by atoms with Gasteiger partial charge >= 0.3 is 13.3 Å². The number of carbonyl (C=O) groups excluding carboxylic acids is 8. The number of nitrogens with two attached hydrogens (primary N) is 1. The third-order valence-corrected chi connectivity index (χ3v) is 16.3. The lowest BCUT2D eigenvalue weighted by molar-refractivity contribution is -0.141. The summed E-state index contributed by atoms with van der Waals surface area (Å²) in [6, 6.07) is 25.8. The molecule has 0 radical (unpaired) electrons. The van der Waals surface area contributed by atoms with Crippen LogP contribution in [0.5, 0.6) is 0 Å². The Morgan fingerprint density at radius 2 is 1.52 bits per heavy atom. The topological polar surface area (TPSA) is 284 Å². The van der Waals surface area contributed by atoms with Gasteiger partial charge in [-0.3, -0.25) is 48.2 Å². The molecule has 22 heteroatoms. The summed E-state index contributed by atoms with van der Waals surface area (Å²) in [6.07, 6.45) is 4.05. The summed E-state index contributed by atoms with van der Waals surface area (Å²) >= 11 is 0. The largest absolute Gasteiger partial charge is 0.399 e. The van der Waals surface area contributed by atoms with Crippen molar-refractivity contribution in [3.05, 3.63) is 154 Å². The average Bonchev–Trinajstić information content (AvgIpc) is 4.25. The number of alkyl halides is 2. The van der Waals surface area contributed by atoms with Gasteiger partial charge in [0.15, 0.2) is 0 Å². The quantitative estimate of drug-likeness (QED) is 0.0138. The molecule has 8 amide bonds. The minimum absolute atomic E-state index is 0.00868. The molecule has 2 saturated heterocycles. The maximum atomic E-state index is 14.9. The Kier molecular flexibility index (Phi) is 20.6. The molecule has 5 aromatic rings. The molecule has 3 heterocycles. The number of hydrogen-bond donors (Lipinski definition) is 7. The zero-order valence-corrected chi connectivity index (χ0v) is 47.3. The number of hydrogen-bond acceptors (Lipinski definition) is 10. The van der Waals surface area contributed by atoms with Gasteiger partial charge < -0.3 is 46.0 Å². The second-order valence-electron chi connectivity index (χ2n) is 21.3. The number of benzene rings is 5. The van der Waals surface area contributed by atoms with Gasteiger partial charge in [-0.2, -0.15) is 8.78 Å².